The summed E-state index contributed by atoms with van der Waals surface area (Å²) in [5, 5.41) is 0. The van der Waals surface area contributed by atoms with Gasteiger partial charge < -0.3 is 25.0 Å². The average molecular weight is 301 g/mol. The van der Waals surface area contributed by atoms with E-state index >= 15 is 0 Å². The first kappa shape index (κ1) is 17.7. The highest BCUT2D eigenvalue weighted by Crippen LogP contribution is 2.15. The molecule has 0 saturated carbocycles. The molecule has 2 unspecified atom stereocenters. The lowest BCUT2D eigenvalue weighted by atomic mass is 10.1. The molecule has 0 bridgehead atoms. The molecule has 122 valence electrons. The number of carbonyl (C=O) groups excluding carboxylic acids is 2. The van der Waals surface area contributed by atoms with Crippen LogP contribution in [0.5, 0.6) is 0 Å². The number of rotatable bonds is 3. The van der Waals surface area contributed by atoms with E-state index in [0.29, 0.717) is 26.2 Å². The van der Waals surface area contributed by atoms with Gasteiger partial charge in [-0.2, -0.15) is 0 Å². The van der Waals surface area contributed by atoms with Gasteiger partial charge in [0, 0.05) is 33.3 Å². The zero-order valence-corrected chi connectivity index (χ0v) is 13.6. The molecule has 0 radical (unpaired) electrons. The van der Waals surface area contributed by atoms with Crippen LogP contribution in [-0.2, 0) is 14.3 Å². The van der Waals surface area contributed by atoms with Crippen LogP contribution in [0.3, 0.4) is 0 Å². The number of ether oxygens (including phenoxy) is 2. The fraction of sp³-hybridized carbons (Fsp3) is 0.857. The van der Waals surface area contributed by atoms with Crippen LogP contribution in [0.4, 0.5) is 4.79 Å². The van der Waals surface area contributed by atoms with Gasteiger partial charge in [-0.3, -0.25) is 4.79 Å². The third kappa shape index (κ3) is 4.86. The number of hydrogen-bond donors (Lipinski definition) is 1. The third-order valence-electron chi connectivity index (χ3n) is 3.39. The van der Waals surface area contributed by atoms with E-state index in [9.17, 15) is 9.59 Å². The average Bonchev–Trinajstić information content (AvgIpc) is 2.43. The molecule has 1 aliphatic heterocycles. The molecular formula is C14H27N3O4. The van der Waals surface area contributed by atoms with E-state index in [-0.39, 0.29) is 18.0 Å². The van der Waals surface area contributed by atoms with Crippen molar-refractivity contribution in [2.45, 2.75) is 45.4 Å². The van der Waals surface area contributed by atoms with Gasteiger partial charge in [0.2, 0.25) is 0 Å². The highest BCUT2D eigenvalue weighted by Gasteiger charge is 2.35. The lowest BCUT2D eigenvalue weighted by molar-refractivity contribution is -0.145. The summed E-state index contributed by atoms with van der Waals surface area (Å²) in [7, 11) is 1.50. The second-order valence-electron chi connectivity index (χ2n) is 6.23. The quantitative estimate of drug-likeness (QED) is 0.817. The number of carbonyl (C=O) groups is 2. The molecule has 0 aromatic rings. The number of amides is 2. The highest BCUT2D eigenvalue weighted by molar-refractivity contribution is 5.81. The SMILES string of the molecule is COC(C)C(=O)N1CCN(C(=O)OC(C)(C)C)CC1CN. The van der Waals surface area contributed by atoms with Crippen molar-refractivity contribution in [2.24, 2.45) is 5.73 Å². The molecule has 0 aliphatic carbocycles. The molecule has 0 aromatic heterocycles. The lowest BCUT2D eigenvalue weighted by Crippen LogP contribution is -2.60. The number of hydrogen-bond acceptors (Lipinski definition) is 5. The molecule has 21 heavy (non-hydrogen) atoms. The van der Waals surface area contributed by atoms with Gasteiger partial charge in [-0.25, -0.2) is 4.79 Å². The first-order valence-corrected chi connectivity index (χ1v) is 7.21. The molecule has 1 saturated heterocycles. The summed E-state index contributed by atoms with van der Waals surface area (Å²) in [4.78, 5) is 27.6. The summed E-state index contributed by atoms with van der Waals surface area (Å²) < 4.78 is 10.4. The van der Waals surface area contributed by atoms with Crippen molar-refractivity contribution in [3.05, 3.63) is 0 Å². The number of methoxy groups -OCH3 is 1. The molecule has 1 fully saturated rings. The molecule has 2 amide bonds. The van der Waals surface area contributed by atoms with E-state index in [1.807, 2.05) is 20.8 Å². The third-order valence-corrected chi connectivity index (χ3v) is 3.39. The topological polar surface area (TPSA) is 85.1 Å². The van der Waals surface area contributed by atoms with Crippen LogP contribution in [0.25, 0.3) is 0 Å². The Kier molecular flexibility index (Phi) is 5.98. The van der Waals surface area contributed by atoms with Crippen LogP contribution < -0.4 is 5.73 Å². The van der Waals surface area contributed by atoms with Crippen molar-refractivity contribution < 1.29 is 19.1 Å². The summed E-state index contributed by atoms with van der Waals surface area (Å²) in [6.45, 7) is 8.73. The van der Waals surface area contributed by atoms with Crippen molar-refractivity contribution in [1.82, 2.24) is 9.80 Å². The van der Waals surface area contributed by atoms with E-state index in [1.165, 1.54) is 7.11 Å². The molecule has 1 rings (SSSR count). The van der Waals surface area contributed by atoms with Crippen LogP contribution in [0.15, 0.2) is 0 Å². The summed E-state index contributed by atoms with van der Waals surface area (Å²) in [5.41, 5.74) is 5.21. The Bertz CT molecular complexity index is 381. The molecule has 0 aromatic carbocycles. The predicted octanol–water partition coefficient (Wildman–Crippen LogP) is 0.428. The summed E-state index contributed by atoms with van der Waals surface area (Å²) >= 11 is 0. The maximum atomic E-state index is 12.2. The summed E-state index contributed by atoms with van der Waals surface area (Å²) in [5.74, 6) is -0.100. The van der Waals surface area contributed by atoms with Crippen molar-refractivity contribution in [3.8, 4) is 0 Å². The van der Waals surface area contributed by atoms with Crippen LogP contribution in [-0.4, -0.2) is 72.8 Å². The van der Waals surface area contributed by atoms with Gasteiger partial charge in [-0.15, -0.1) is 0 Å². The van der Waals surface area contributed by atoms with Crippen LogP contribution >= 0.6 is 0 Å². The smallest absolute Gasteiger partial charge is 0.410 e. The van der Waals surface area contributed by atoms with E-state index in [0.717, 1.165) is 0 Å². The largest absolute Gasteiger partial charge is 0.444 e. The van der Waals surface area contributed by atoms with Gasteiger partial charge in [-0.05, 0) is 27.7 Å². The van der Waals surface area contributed by atoms with Crippen LogP contribution in [0, 0.1) is 0 Å². The molecule has 2 N–H and O–H groups in total. The van der Waals surface area contributed by atoms with Crippen molar-refractivity contribution >= 4 is 12.0 Å². The second-order valence-corrected chi connectivity index (χ2v) is 6.23. The van der Waals surface area contributed by atoms with E-state index in [2.05, 4.69) is 0 Å². The molecular weight excluding hydrogens is 274 g/mol. The van der Waals surface area contributed by atoms with E-state index in [4.69, 9.17) is 15.2 Å². The predicted molar refractivity (Wildman–Crippen MR) is 78.8 cm³/mol. The normalized spacial score (nSPS) is 21.1. The molecule has 7 nitrogen and oxygen atoms in total. The van der Waals surface area contributed by atoms with E-state index < -0.39 is 11.7 Å². The number of piperazine rings is 1. The van der Waals surface area contributed by atoms with Crippen molar-refractivity contribution in [3.63, 3.8) is 0 Å². The standard InChI is InChI=1S/C14H27N3O4/c1-10(20-5)12(18)17-7-6-16(9-11(17)8-15)13(19)21-14(2,3)4/h10-11H,6-9,15H2,1-5H3. The fourth-order valence-corrected chi connectivity index (χ4v) is 2.17. The molecule has 1 aliphatic rings. The zero-order chi connectivity index (χ0) is 16.2. The Morgan fingerprint density at radius 3 is 2.43 bits per heavy atom. The minimum absolute atomic E-state index is 0.100. The van der Waals surface area contributed by atoms with Gasteiger partial charge in [0.15, 0.2) is 0 Å². The van der Waals surface area contributed by atoms with Gasteiger partial charge in [0.25, 0.3) is 5.91 Å². The zero-order valence-electron chi connectivity index (χ0n) is 13.6. The minimum Gasteiger partial charge on any atom is -0.444 e. The Balaban J connectivity index is 2.69. The van der Waals surface area contributed by atoms with Crippen molar-refractivity contribution in [2.75, 3.05) is 33.3 Å². The van der Waals surface area contributed by atoms with Gasteiger partial charge in [-0.1, -0.05) is 0 Å². The first-order valence-electron chi connectivity index (χ1n) is 7.21. The number of nitrogens with two attached hydrogens (primary N) is 1. The van der Waals surface area contributed by atoms with Crippen LogP contribution in [0.2, 0.25) is 0 Å². The lowest BCUT2D eigenvalue weighted by Gasteiger charge is -2.41. The van der Waals surface area contributed by atoms with Gasteiger partial charge >= 0.3 is 6.09 Å². The number of nitrogens with zero attached hydrogens (tertiary/aromatic N) is 2. The van der Waals surface area contributed by atoms with E-state index in [1.54, 1.807) is 16.7 Å². The maximum Gasteiger partial charge on any atom is 0.410 e. The Hall–Kier alpha value is -1.34. The molecule has 2 atom stereocenters. The molecule has 7 heteroatoms. The maximum absolute atomic E-state index is 12.2. The minimum atomic E-state index is -0.535. The highest BCUT2D eigenvalue weighted by atomic mass is 16.6. The first-order chi connectivity index (χ1) is 9.69. The molecule has 0 spiro atoms. The van der Waals surface area contributed by atoms with Gasteiger partial charge in [0.05, 0.1) is 6.04 Å². The monoisotopic (exact) mass is 301 g/mol. The Morgan fingerprint density at radius 1 is 1.33 bits per heavy atom. The summed E-state index contributed by atoms with van der Waals surface area (Å²) in [6, 6.07) is -0.212. The Morgan fingerprint density at radius 2 is 1.95 bits per heavy atom. The fourth-order valence-electron chi connectivity index (χ4n) is 2.17. The van der Waals surface area contributed by atoms with Gasteiger partial charge in [0.1, 0.15) is 11.7 Å². The molecule has 1 heterocycles. The Labute approximate surface area is 126 Å². The van der Waals surface area contributed by atoms with Crippen molar-refractivity contribution in [1.29, 1.82) is 0 Å². The van der Waals surface area contributed by atoms with Crippen LogP contribution in [0.1, 0.15) is 27.7 Å². The summed E-state index contributed by atoms with van der Waals surface area (Å²) in [6.07, 6.45) is -0.875. The second kappa shape index (κ2) is 7.09.